The van der Waals surface area contributed by atoms with Crippen molar-refractivity contribution in [3.05, 3.63) is 30.9 Å². The van der Waals surface area contributed by atoms with Crippen molar-refractivity contribution in [3.8, 4) is 5.82 Å². The van der Waals surface area contributed by atoms with Crippen molar-refractivity contribution in [1.82, 2.24) is 19.7 Å². The van der Waals surface area contributed by atoms with Gasteiger partial charge in [0.1, 0.15) is 5.82 Å². The molecule has 2 unspecified atom stereocenters. The molecule has 2 atom stereocenters. The van der Waals surface area contributed by atoms with Crippen molar-refractivity contribution < 1.29 is 5.11 Å². The first-order valence-electron chi connectivity index (χ1n) is 6.92. The molecule has 0 aliphatic carbocycles. The lowest BCUT2D eigenvalue weighted by Gasteiger charge is -2.20. The van der Waals surface area contributed by atoms with Gasteiger partial charge in [-0.05, 0) is 24.8 Å². The molecule has 2 N–H and O–H groups in total. The third-order valence-electron chi connectivity index (χ3n) is 3.20. The van der Waals surface area contributed by atoms with Crippen LogP contribution in [0.5, 0.6) is 0 Å². The SMILES string of the molecule is CCC(CC(C)CO)Nc1cncc(-n2cccn2)n1. The van der Waals surface area contributed by atoms with Gasteiger partial charge in [-0.1, -0.05) is 13.8 Å². The van der Waals surface area contributed by atoms with Gasteiger partial charge in [0.15, 0.2) is 5.82 Å². The summed E-state index contributed by atoms with van der Waals surface area (Å²) < 4.78 is 1.68. The van der Waals surface area contributed by atoms with E-state index in [0.29, 0.717) is 5.82 Å². The van der Waals surface area contributed by atoms with Gasteiger partial charge >= 0.3 is 0 Å². The van der Waals surface area contributed by atoms with Crippen molar-refractivity contribution >= 4 is 5.82 Å². The van der Waals surface area contributed by atoms with Crippen LogP contribution in [0.25, 0.3) is 5.82 Å². The highest BCUT2D eigenvalue weighted by molar-refractivity contribution is 5.36. The average Bonchev–Trinajstić information content (AvgIpc) is 3.01. The van der Waals surface area contributed by atoms with Crippen LogP contribution in [0.3, 0.4) is 0 Å². The van der Waals surface area contributed by atoms with Crippen LogP contribution >= 0.6 is 0 Å². The Morgan fingerprint density at radius 2 is 2.25 bits per heavy atom. The third kappa shape index (κ3) is 3.77. The van der Waals surface area contributed by atoms with Gasteiger partial charge in [-0.2, -0.15) is 5.10 Å². The summed E-state index contributed by atoms with van der Waals surface area (Å²) in [6.45, 7) is 4.36. The van der Waals surface area contributed by atoms with E-state index >= 15 is 0 Å². The van der Waals surface area contributed by atoms with E-state index in [-0.39, 0.29) is 18.6 Å². The maximum Gasteiger partial charge on any atom is 0.173 e. The second-order valence-corrected chi connectivity index (χ2v) is 4.99. The summed E-state index contributed by atoms with van der Waals surface area (Å²) in [6, 6.07) is 2.12. The highest BCUT2D eigenvalue weighted by Gasteiger charge is 2.12. The first-order valence-corrected chi connectivity index (χ1v) is 6.92. The molecule has 2 aromatic heterocycles. The predicted molar refractivity (Wildman–Crippen MR) is 77.7 cm³/mol. The first kappa shape index (κ1) is 14.5. The zero-order valence-electron chi connectivity index (χ0n) is 11.9. The molecule has 0 radical (unpaired) electrons. The Labute approximate surface area is 118 Å². The molecule has 0 saturated carbocycles. The second kappa shape index (κ2) is 7.00. The van der Waals surface area contributed by atoms with E-state index in [1.165, 1.54) is 0 Å². The van der Waals surface area contributed by atoms with E-state index in [1.54, 1.807) is 23.3 Å². The van der Waals surface area contributed by atoms with Crippen LogP contribution in [0.2, 0.25) is 0 Å². The number of aliphatic hydroxyl groups excluding tert-OH is 1. The van der Waals surface area contributed by atoms with Crippen LogP contribution < -0.4 is 5.32 Å². The molecule has 6 nitrogen and oxygen atoms in total. The Bertz CT molecular complexity index is 514. The minimum Gasteiger partial charge on any atom is -0.396 e. The van der Waals surface area contributed by atoms with Crippen LogP contribution in [-0.2, 0) is 0 Å². The van der Waals surface area contributed by atoms with E-state index in [0.717, 1.165) is 18.7 Å². The molecule has 6 heteroatoms. The van der Waals surface area contributed by atoms with Gasteiger partial charge in [-0.3, -0.25) is 4.98 Å². The predicted octanol–water partition coefficient (Wildman–Crippen LogP) is 1.87. The fourth-order valence-electron chi connectivity index (χ4n) is 2.04. The fourth-order valence-corrected chi connectivity index (χ4v) is 2.04. The Hall–Kier alpha value is -1.95. The number of nitrogens with zero attached hydrogens (tertiary/aromatic N) is 4. The Balaban J connectivity index is 2.07. The molecule has 0 fully saturated rings. The quantitative estimate of drug-likeness (QED) is 0.806. The van der Waals surface area contributed by atoms with Crippen molar-refractivity contribution in [2.24, 2.45) is 5.92 Å². The number of hydrogen-bond donors (Lipinski definition) is 2. The summed E-state index contributed by atoms with van der Waals surface area (Å²) in [6.07, 6.45) is 8.80. The average molecular weight is 275 g/mol. The van der Waals surface area contributed by atoms with Crippen LogP contribution in [0.15, 0.2) is 30.9 Å². The maximum absolute atomic E-state index is 9.15. The summed E-state index contributed by atoms with van der Waals surface area (Å²) in [4.78, 5) is 8.69. The summed E-state index contributed by atoms with van der Waals surface area (Å²) in [5.41, 5.74) is 0. The number of hydrogen-bond acceptors (Lipinski definition) is 5. The molecule has 0 saturated heterocycles. The van der Waals surface area contributed by atoms with Gasteiger partial charge < -0.3 is 10.4 Å². The number of rotatable bonds is 7. The van der Waals surface area contributed by atoms with Crippen LogP contribution in [0.1, 0.15) is 26.7 Å². The molecule has 0 amide bonds. The van der Waals surface area contributed by atoms with Crippen LogP contribution in [0, 0.1) is 5.92 Å². The largest absolute Gasteiger partial charge is 0.396 e. The molecule has 2 aromatic rings. The van der Waals surface area contributed by atoms with Crippen LogP contribution in [-0.4, -0.2) is 37.5 Å². The van der Waals surface area contributed by atoms with E-state index in [4.69, 9.17) is 5.11 Å². The minimum atomic E-state index is 0.206. The molecule has 0 spiro atoms. The number of anilines is 1. The topological polar surface area (TPSA) is 75.9 Å². The van der Waals surface area contributed by atoms with Gasteiger partial charge in [0.05, 0.1) is 12.4 Å². The van der Waals surface area contributed by atoms with Gasteiger partial charge in [-0.15, -0.1) is 0 Å². The van der Waals surface area contributed by atoms with Crippen molar-refractivity contribution in [2.45, 2.75) is 32.7 Å². The molecule has 2 heterocycles. The maximum atomic E-state index is 9.15. The fraction of sp³-hybridized carbons (Fsp3) is 0.500. The van der Waals surface area contributed by atoms with E-state index < -0.39 is 0 Å². The normalized spacial score (nSPS) is 13.9. The van der Waals surface area contributed by atoms with Crippen molar-refractivity contribution in [1.29, 1.82) is 0 Å². The van der Waals surface area contributed by atoms with E-state index in [1.807, 2.05) is 19.2 Å². The van der Waals surface area contributed by atoms with Gasteiger partial charge in [0.2, 0.25) is 0 Å². The number of aromatic nitrogens is 4. The first-order chi connectivity index (χ1) is 9.72. The molecule has 0 bridgehead atoms. The highest BCUT2D eigenvalue weighted by Crippen LogP contribution is 2.14. The van der Waals surface area contributed by atoms with Crippen LogP contribution in [0.4, 0.5) is 5.82 Å². The summed E-state index contributed by atoms with van der Waals surface area (Å²) in [5, 5.41) is 16.7. The van der Waals surface area contributed by atoms with E-state index in [2.05, 4.69) is 27.3 Å². The van der Waals surface area contributed by atoms with Crippen molar-refractivity contribution in [3.63, 3.8) is 0 Å². The minimum absolute atomic E-state index is 0.206. The van der Waals surface area contributed by atoms with Gasteiger partial charge in [0.25, 0.3) is 0 Å². The smallest absolute Gasteiger partial charge is 0.173 e. The monoisotopic (exact) mass is 275 g/mol. The molecule has 2 rings (SSSR count). The molecule has 0 aromatic carbocycles. The second-order valence-electron chi connectivity index (χ2n) is 4.99. The Kier molecular flexibility index (Phi) is 5.06. The lowest BCUT2D eigenvalue weighted by molar-refractivity contribution is 0.224. The van der Waals surface area contributed by atoms with Gasteiger partial charge in [0, 0.05) is 25.0 Å². The zero-order valence-corrected chi connectivity index (χ0v) is 11.9. The highest BCUT2D eigenvalue weighted by atomic mass is 16.3. The Morgan fingerprint density at radius 3 is 2.90 bits per heavy atom. The summed E-state index contributed by atoms with van der Waals surface area (Å²) in [7, 11) is 0. The number of aliphatic hydroxyl groups is 1. The standard InChI is InChI=1S/C14H21N5O/c1-3-12(7-11(2)10-20)17-13-8-15-9-14(18-13)19-6-4-5-16-19/h4-6,8-9,11-12,20H,3,7,10H2,1-2H3,(H,17,18). The lowest BCUT2D eigenvalue weighted by atomic mass is 10.0. The van der Waals surface area contributed by atoms with Crippen molar-refractivity contribution in [2.75, 3.05) is 11.9 Å². The number of nitrogens with one attached hydrogen (secondary N) is 1. The molecule has 0 aliphatic heterocycles. The van der Waals surface area contributed by atoms with Gasteiger partial charge in [-0.25, -0.2) is 9.67 Å². The summed E-state index contributed by atoms with van der Waals surface area (Å²) >= 11 is 0. The van der Waals surface area contributed by atoms with E-state index in [9.17, 15) is 0 Å². The molecular weight excluding hydrogens is 254 g/mol. The zero-order chi connectivity index (χ0) is 14.4. The summed E-state index contributed by atoms with van der Waals surface area (Å²) in [5.74, 6) is 1.69. The molecule has 108 valence electrons. The molecule has 0 aliphatic rings. The molecular formula is C14H21N5O. The third-order valence-corrected chi connectivity index (χ3v) is 3.20. The lowest BCUT2D eigenvalue weighted by Crippen LogP contribution is -2.23. The Morgan fingerprint density at radius 1 is 1.40 bits per heavy atom. The molecule has 20 heavy (non-hydrogen) atoms.